The molecule has 0 saturated carbocycles. The molecule has 2 aromatic heterocycles. The van der Waals surface area contributed by atoms with Crippen LogP contribution in [0.25, 0.3) is 10.6 Å². The number of aliphatic hydroxyl groups is 1. The number of nitrogens with zero attached hydrogens (tertiary/aromatic N) is 3. The Labute approximate surface area is 162 Å². The Bertz CT molecular complexity index is 796. The minimum absolute atomic E-state index is 0.408. The number of benzene rings is 1. The highest BCUT2D eigenvalue weighted by Gasteiger charge is 2.20. The Balaban J connectivity index is 1.26. The van der Waals surface area contributed by atoms with Crippen molar-refractivity contribution < 1.29 is 5.11 Å². The lowest BCUT2D eigenvalue weighted by atomic mass is 10.1. The van der Waals surface area contributed by atoms with Crippen molar-refractivity contribution in [3.63, 3.8) is 0 Å². The molecule has 3 heterocycles. The van der Waals surface area contributed by atoms with Gasteiger partial charge in [0, 0.05) is 55.6 Å². The monoisotopic (exact) mass is 385 g/mol. The van der Waals surface area contributed by atoms with Crippen LogP contribution < -0.4 is 0 Å². The maximum absolute atomic E-state index is 10.4. The summed E-state index contributed by atoms with van der Waals surface area (Å²) in [5, 5.41) is 17.9. The molecule has 0 bridgehead atoms. The fourth-order valence-electron chi connectivity index (χ4n) is 3.28. The maximum atomic E-state index is 10.4. The molecule has 0 unspecified atom stereocenters. The minimum Gasteiger partial charge on any atom is -0.387 e. The van der Waals surface area contributed by atoms with Crippen LogP contribution in [0.5, 0.6) is 0 Å². The molecule has 1 aliphatic heterocycles. The average Bonchev–Trinajstić information content (AvgIpc) is 3.36. The van der Waals surface area contributed by atoms with Crippen molar-refractivity contribution in [3.8, 4) is 10.6 Å². The van der Waals surface area contributed by atoms with Crippen molar-refractivity contribution >= 4 is 22.7 Å². The van der Waals surface area contributed by atoms with Gasteiger partial charge in [0.05, 0.1) is 11.8 Å². The van der Waals surface area contributed by atoms with Crippen LogP contribution >= 0.6 is 22.7 Å². The van der Waals surface area contributed by atoms with Gasteiger partial charge >= 0.3 is 0 Å². The van der Waals surface area contributed by atoms with Crippen molar-refractivity contribution in [1.29, 1.82) is 0 Å². The number of aromatic nitrogens is 1. The van der Waals surface area contributed by atoms with Crippen LogP contribution in [0.15, 0.2) is 52.5 Å². The molecule has 1 aliphatic rings. The summed E-state index contributed by atoms with van der Waals surface area (Å²) in [5.41, 5.74) is 3.39. The predicted octanol–water partition coefficient (Wildman–Crippen LogP) is 3.72. The van der Waals surface area contributed by atoms with E-state index in [2.05, 4.69) is 32.0 Å². The molecule has 1 N–H and O–H groups in total. The summed E-state index contributed by atoms with van der Waals surface area (Å²) >= 11 is 3.44. The number of piperazine rings is 1. The normalized spacial score (nSPS) is 17.4. The molecule has 1 saturated heterocycles. The van der Waals surface area contributed by atoms with E-state index in [1.807, 2.05) is 30.3 Å². The van der Waals surface area contributed by atoms with E-state index in [9.17, 15) is 5.11 Å². The lowest BCUT2D eigenvalue weighted by molar-refractivity contribution is 0.0697. The van der Waals surface area contributed by atoms with Crippen LogP contribution in [-0.2, 0) is 6.54 Å². The van der Waals surface area contributed by atoms with Crippen LogP contribution in [0, 0.1) is 0 Å². The number of rotatable bonds is 6. The first-order valence-corrected chi connectivity index (χ1v) is 10.7. The van der Waals surface area contributed by atoms with Gasteiger partial charge in [0.25, 0.3) is 0 Å². The third kappa shape index (κ3) is 4.39. The standard InChI is InChI=1S/C20H23N3OS2/c24-19(16-4-2-1-3-5-16)13-23-9-7-22(8-10-23)12-18-15-26-20(21-18)17-6-11-25-14-17/h1-6,11,14-15,19,24H,7-10,12-13H2/t19-/m1/s1. The number of hydrogen-bond donors (Lipinski definition) is 1. The van der Waals surface area contributed by atoms with E-state index in [0.29, 0.717) is 6.54 Å². The zero-order valence-electron chi connectivity index (χ0n) is 14.6. The Kier molecular flexibility index (Phi) is 5.77. The van der Waals surface area contributed by atoms with Crippen LogP contribution in [0.1, 0.15) is 17.4 Å². The summed E-state index contributed by atoms with van der Waals surface area (Å²) in [4.78, 5) is 9.59. The number of hydrogen-bond acceptors (Lipinski definition) is 6. The van der Waals surface area contributed by atoms with Gasteiger partial charge in [-0.15, -0.1) is 11.3 Å². The smallest absolute Gasteiger partial charge is 0.124 e. The van der Waals surface area contributed by atoms with Crippen LogP contribution in [0.4, 0.5) is 0 Å². The molecule has 1 atom stereocenters. The van der Waals surface area contributed by atoms with Gasteiger partial charge in [0.15, 0.2) is 0 Å². The highest BCUT2D eigenvalue weighted by atomic mass is 32.1. The molecular weight excluding hydrogens is 362 g/mol. The van der Waals surface area contributed by atoms with Crippen molar-refractivity contribution in [2.75, 3.05) is 32.7 Å². The SMILES string of the molecule is O[C@H](CN1CCN(Cc2csc(-c3ccsc3)n2)CC1)c1ccccc1. The van der Waals surface area contributed by atoms with Crippen molar-refractivity contribution in [2.45, 2.75) is 12.6 Å². The number of thiazole rings is 1. The largest absolute Gasteiger partial charge is 0.387 e. The second-order valence-corrected chi connectivity index (χ2v) is 8.30. The number of β-amino-alcohol motifs (C(OH)–C–C–N with tert-alkyl or cyclic N) is 1. The molecule has 136 valence electrons. The van der Waals surface area contributed by atoms with E-state index in [4.69, 9.17) is 4.98 Å². The lowest BCUT2D eigenvalue weighted by Crippen LogP contribution is -2.47. The van der Waals surface area contributed by atoms with E-state index in [1.54, 1.807) is 22.7 Å². The van der Waals surface area contributed by atoms with Gasteiger partial charge in [0.1, 0.15) is 5.01 Å². The first kappa shape index (κ1) is 17.8. The summed E-state index contributed by atoms with van der Waals surface area (Å²) in [6, 6.07) is 12.1. The van der Waals surface area contributed by atoms with Gasteiger partial charge in [-0.2, -0.15) is 11.3 Å². The first-order chi connectivity index (χ1) is 12.8. The summed E-state index contributed by atoms with van der Waals surface area (Å²) in [6.45, 7) is 5.64. The zero-order valence-corrected chi connectivity index (χ0v) is 16.3. The fraction of sp³-hybridized carbons (Fsp3) is 0.350. The Morgan fingerprint density at radius 2 is 1.77 bits per heavy atom. The van der Waals surface area contributed by atoms with E-state index < -0.39 is 6.10 Å². The third-order valence-corrected chi connectivity index (χ3v) is 6.41. The molecule has 1 fully saturated rings. The van der Waals surface area contributed by atoms with Crippen LogP contribution in [0.3, 0.4) is 0 Å². The van der Waals surface area contributed by atoms with Gasteiger partial charge in [-0.25, -0.2) is 4.98 Å². The molecule has 1 aromatic carbocycles. The molecule has 0 radical (unpaired) electrons. The quantitative estimate of drug-likeness (QED) is 0.702. The van der Waals surface area contributed by atoms with Gasteiger partial charge < -0.3 is 5.11 Å². The van der Waals surface area contributed by atoms with Crippen LogP contribution in [0.2, 0.25) is 0 Å². The summed E-state index contributed by atoms with van der Waals surface area (Å²) < 4.78 is 0. The highest BCUT2D eigenvalue weighted by molar-refractivity contribution is 7.14. The maximum Gasteiger partial charge on any atom is 0.124 e. The molecule has 0 spiro atoms. The van der Waals surface area contributed by atoms with E-state index in [-0.39, 0.29) is 0 Å². The molecule has 0 aliphatic carbocycles. The topological polar surface area (TPSA) is 39.6 Å². The van der Waals surface area contributed by atoms with Crippen molar-refractivity contribution in [2.24, 2.45) is 0 Å². The van der Waals surface area contributed by atoms with Crippen molar-refractivity contribution in [1.82, 2.24) is 14.8 Å². The van der Waals surface area contributed by atoms with Gasteiger partial charge in [-0.1, -0.05) is 30.3 Å². The second kappa shape index (κ2) is 8.41. The number of aliphatic hydroxyl groups excluding tert-OH is 1. The summed E-state index contributed by atoms with van der Waals surface area (Å²) in [5.74, 6) is 0. The van der Waals surface area contributed by atoms with E-state index in [1.165, 1.54) is 5.56 Å². The van der Waals surface area contributed by atoms with Gasteiger partial charge in [-0.3, -0.25) is 9.80 Å². The van der Waals surface area contributed by atoms with Crippen LogP contribution in [-0.4, -0.2) is 52.6 Å². The van der Waals surface area contributed by atoms with Crippen molar-refractivity contribution in [3.05, 3.63) is 63.8 Å². The third-order valence-electron chi connectivity index (χ3n) is 4.79. The molecule has 6 heteroatoms. The lowest BCUT2D eigenvalue weighted by Gasteiger charge is -2.35. The molecule has 26 heavy (non-hydrogen) atoms. The predicted molar refractivity (Wildman–Crippen MR) is 109 cm³/mol. The fourth-order valence-corrected chi connectivity index (χ4v) is 4.81. The van der Waals surface area contributed by atoms with E-state index in [0.717, 1.165) is 49.0 Å². The molecular formula is C20H23N3OS2. The summed E-state index contributed by atoms with van der Waals surface area (Å²) in [7, 11) is 0. The molecule has 0 amide bonds. The second-order valence-electron chi connectivity index (χ2n) is 6.66. The Morgan fingerprint density at radius 1 is 1.00 bits per heavy atom. The summed E-state index contributed by atoms with van der Waals surface area (Å²) in [6.07, 6.45) is -0.408. The van der Waals surface area contributed by atoms with E-state index >= 15 is 0 Å². The minimum atomic E-state index is -0.408. The zero-order chi connectivity index (χ0) is 17.8. The Morgan fingerprint density at radius 3 is 2.50 bits per heavy atom. The average molecular weight is 386 g/mol. The molecule has 4 rings (SSSR count). The van der Waals surface area contributed by atoms with Gasteiger partial charge in [0.2, 0.25) is 0 Å². The highest BCUT2D eigenvalue weighted by Crippen LogP contribution is 2.26. The van der Waals surface area contributed by atoms with Gasteiger partial charge in [-0.05, 0) is 17.0 Å². The Hall–Kier alpha value is -1.57. The number of thiophene rings is 1. The molecule has 3 aromatic rings. The first-order valence-electron chi connectivity index (χ1n) is 8.92. The molecule has 4 nitrogen and oxygen atoms in total.